The van der Waals surface area contributed by atoms with Crippen LogP contribution < -0.4 is 0 Å². The summed E-state index contributed by atoms with van der Waals surface area (Å²) >= 11 is 0. The van der Waals surface area contributed by atoms with Crippen LogP contribution in [0.15, 0.2) is 12.2 Å². The van der Waals surface area contributed by atoms with Crippen LogP contribution in [0.3, 0.4) is 0 Å². The molecule has 4 heteroatoms. The van der Waals surface area contributed by atoms with E-state index in [9.17, 15) is 9.59 Å². The second-order valence-corrected chi connectivity index (χ2v) is 10.9. The van der Waals surface area contributed by atoms with Gasteiger partial charge >= 0.3 is 11.9 Å². The van der Waals surface area contributed by atoms with E-state index in [4.69, 9.17) is 9.47 Å². The minimum Gasteiger partial charge on any atom is -0.465 e. The maximum atomic E-state index is 12.0. The number of carbonyl (C=O) groups is 2. The summed E-state index contributed by atoms with van der Waals surface area (Å²) in [5, 5.41) is 0. The van der Waals surface area contributed by atoms with Crippen molar-refractivity contribution in [2.75, 3.05) is 6.61 Å². The molecule has 0 saturated heterocycles. The molecule has 2 bridgehead atoms. The van der Waals surface area contributed by atoms with Gasteiger partial charge in [-0.05, 0) is 55.8 Å². The van der Waals surface area contributed by atoms with Crippen molar-refractivity contribution in [2.24, 2.45) is 33.5 Å². The summed E-state index contributed by atoms with van der Waals surface area (Å²) in [6, 6.07) is 0. The van der Waals surface area contributed by atoms with E-state index in [1.165, 1.54) is 26.2 Å². The number of carbonyl (C=O) groups excluding carboxylic acids is 2. The maximum Gasteiger partial charge on any atom is 0.302 e. The molecule has 4 aliphatic rings. The molecule has 3 fully saturated rings. The fraction of sp³-hybridized carbons (Fsp3) is 0.833. The Bertz CT molecular complexity index is 713. The third-order valence-electron chi connectivity index (χ3n) is 9.13. The molecular formula is C24H36O4. The molecule has 4 nitrogen and oxygen atoms in total. The Labute approximate surface area is 169 Å². The maximum absolute atomic E-state index is 12.0. The lowest BCUT2D eigenvalue weighted by Gasteiger charge is -2.65. The van der Waals surface area contributed by atoms with Gasteiger partial charge in [0.2, 0.25) is 0 Å². The second kappa shape index (κ2) is 6.34. The Morgan fingerprint density at radius 2 is 1.64 bits per heavy atom. The first kappa shape index (κ1) is 20.0. The molecule has 0 radical (unpaired) electrons. The molecule has 0 aromatic heterocycles. The lowest BCUT2D eigenvalue weighted by Crippen LogP contribution is -2.62. The predicted octanol–water partition coefficient (Wildman–Crippen LogP) is 5.06. The molecule has 0 aliphatic heterocycles. The number of ether oxygens (including phenoxy) is 2. The fourth-order valence-electron chi connectivity index (χ4n) is 8.06. The Morgan fingerprint density at radius 3 is 2.32 bits per heavy atom. The molecule has 1 spiro atoms. The van der Waals surface area contributed by atoms with E-state index in [1.54, 1.807) is 6.92 Å². The van der Waals surface area contributed by atoms with E-state index < -0.39 is 0 Å². The largest absolute Gasteiger partial charge is 0.465 e. The molecule has 0 aromatic carbocycles. The summed E-state index contributed by atoms with van der Waals surface area (Å²) in [6.07, 6.45) is 12.7. The average Bonchev–Trinajstić information content (AvgIpc) is 2.76. The van der Waals surface area contributed by atoms with Crippen molar-refractivity contribution in [3.05, 3.63) is 12.2 Å². The average molecular weight is 389 g/mol. The van der Waals surface area contributed by atoms with E-state index in [0.29, 0.717) is 18.4 Å². The molecule has 7 atom stereocenters. The number of rotatable bonds is 3. The molecule has 4 aliphatic carbocycles. The van der Waals surface area contributed by atoms with Gasteiger partial charge in [-0.1, -0.05) is 39.3 Å². The summed E-state index contributed by atoms with van der Waals surface area (Å²) in [5.74, 6) is 0.727. The Kier molecular flexibility index (Phi) is 4.52. The fourth-order valence-corrected chi connectivity index (χ4v) is 8.06. The van der Waals surface area contributed by atoms with Gasteiger partial charge in [-0.2, -0.15) is 0 Å². The van der Waals surface area contributed by atoms with Crippen LogP contribution in [0.25, 0.3) is 0 Å². The van der Waals surface area contributed by atoms with Crippen molar-refractivity contribution in [1.29, 1.82) is 0 Å². The molecule has 0 aromatic rings. The first-order valence-electron chi connectivity index (χ1n) is 11.1. The summed E-state index contributed by atoms with van der Waals surface area (Å²) < 4.78 is 11.6. The third kappa shape index (κ3) is 2.69. The van der Waals surface area contributed by atoms with Gasteiger partial charge in [0, 0.05) is 30.1 Å². The van der Waals surface area contributed by atoms with Gasteiger partial charge in [-0.15, -0.1) is 0 Å². The molecule has 0 amide bonds. The zero-order valence-corrected chi connectivity index (χ0v) is 18.2. The van der Waals surface area contributed by atoms with Crippen molar-refractivity contribution < 1.29 is 19.1 Å². The predicted molar refractivity (Wildman–Crippen MR) is 107 cm³/mol. The quantitative estimate of drug-likeness (QED) is 0.501. The zero-order chi connectivity index (χ0) is 20.4. The summed E-state index contributed by atoms with van der Waals surface area (Å²) in [7, 11) is 0. The summed E-state index contributed by atoms with van der Waals surface area (Å²) in [5.41, 5.74) is 0.185. The van der Waals surface area contributed by atoms with Gasteiger partial charge < -0.3 is 9.47 Å². The van der Waals surface area contributed by atoms with Crippen LogP contribution in [0, 0.1) is 33.5 Å². The molecule has 156 valence electrons. The van der Waals surface area contributed by atoms with Crippen LogP contribution in [-0.2, 0) is 19.1 Å². The van der Waals surface area contributed by atoms with Crippen LogP contribution in [0.2, 0.25) is 0 Å². The Balaban J connectivity index is 1.69. The number of hydrogen-bond donors (Lipinski definition) is 0. The van der Waals surface area contributed by atoms with Crippen molar-refractivity contribution >= 4 is 11.9 Å². The van der Waals surface area contributed by atoms with Crippen LogP contribution in [0.1, 0.15) is 79.6 Å². The molecule has 0 heterocycles. The van der Waals surface area contributed by atoms with Crippen LogP contribution in [0.5, 0.6) is 0 Å². The van der Waals surface area contributed by atoms with Crippen molar-refractivity contribution in [3.8, 4) is 0 Å². The molecule has 4 rings (SSSR count). The van der Waals surface area contributed by atoms with Gasteiger partial charge in [0.25, 0.3) is 0 Å². The minimum atomic E-state index is -0.178. The highest BCUT2D eigenvalue weighted by molar-refractivity contribution is 5.66. The molecule has 1 unspecified atom stereocenters. The van der Waals surface area contributed by atoms with E-state index in [2.05, 4.69) is 32.9 Å². The van der Waals surface area contributed by atoms with Crippen LogP contribution in [-0.4, -0.2) is 24.6 Å². The zero-order valence-electron chi connectivity index (χ0n) is 18.2. The highest BCUT2D eigenvalue weighted by atomic mass is 16.5. The lowest BCUT2D eigenvalue weighted by molar-refractivity contribution is -0.209. The monoisotopic (exact) mass is 388 g/mol. The van der Waals surface area contributed by atoms with Crippen molar-refractivity contribution in [1.82, 2.24) is 0 Å². The highest BCUT2D eigenvalue weighted by Crippen LogP contribution is 2.72. The topological polar surface area (TPSA) is 52.6 Å². The van der Waals surface area contributed by atoms with E-state index >= 15 is 0 Å². The van der Waals surface area contributed by atoms with Gasteiger partial charge in [-0.25, -0.2) is 0 Å². The minimum absolute atomic E-state index is 0.0242. The Hall–Kier alpha value is -1.32. The number of fused-ring (bicyclic) bond motifs is 3. The van der Waals surface area contributed by atoms with Gasteiger partial charge in [0.1, 0.15) is 6.10 Å². The van der Waals surface area contributed by atoms with Gasteiger partial charge in [-0.3, -0.25) is 9.59 Å². The SMILES string of the molecule is CC(=O)OC[C@@]1(C)CCC[C@]2(C)[C@@H]1CC[C@@]13C=C[C@@](C)(CC[C@@H]21)C3OC(C)=O. The van der Waals surface area contributed by atoms with E-state index in [-0.39, 0.29) is 39.7 Å². The first-order valence-corrected chi connectivity index (χ1v) is 11.1. The van der Waals surface area contributed by atoms with Crippen molar-refractivity contribution in [3.63, 3.8) is 0 Å². The summed E-state index contributed by atoms with van der Waals surface area (Å²) in [6.45, 7) is 10.7. The number of esters is 2. The smallest absolute Gasteiger partial charge is 0.302 e. The molecule has 28 heavy (non-hydrogen) atoms. The third-order valence-corrected chi connectivity index (χ3v) is 9.13. The number of hydrogen-bond acceptors (Lipinski definition) is 4. The molecular weight excluding hydrogens is 352 g/mol. The van der Waals surface area contributed by atoms with E-state index in [0.717, 1.165) is 25.7 Å². The van der Waals surface area contributed by atoms with Crippen LogP contribution >= 0.6 is 0 Å². The molecule has 0 N–H and O–H groups in total. The van der Waals surface area contributed by atoms with E-state index in [1.807, 2.05) is 0 Å². The van der Waals surface area contributed by atoms with Crippen LogP contribution in [0.4, 0.5) is 0 Å². The second-order valence-electron chi connectivity index (χ2n) is 10.9. The highest BCUT2D eigenvalue weighted by Gasteiger charge is 2.68. The summed E-state index contributed by atoms with van der Waals surface area (Å²) in [4.78, 5) is 23.5. The van der Waals surface area contributed by atoms with Gasteiger partial charge in [0.05, 0.1) is 6.61 Å². The first-order chi connectivity index (χ1) is 13.1. The molecule has 3 saturated carbocycles. The standard InChI is InChI=1S/C24H36O4/c1-16(25)27-15-22(4)9-6-10-23(5)18(22)8-12-24-14-13-21(3,11-7-19(23)24)20(24)28-17(2)26/h13-14,18-20H,6-12,15H2,1-5H3/t18-,19+,20?,21-,22-,23-,24-/m1/s1. The lowest BCUT2D eigenvalue weighted by atomic mass is 9.39. The van der Waals surface area contributed by atoms with Crippen molar-refractivity contribution in [2.45, 2.75) is 85.7 Å². The van der Waals surface area contributed by atoms with Gasteiger partial charge in [0.15, 0.2) is 0 Å². The normalized spacial score (nSPS) is 49.1. The Morgan fingerprint density at radius 1 is 0.929 bits per heavy atom.